The Balaban J connectivity index is 1.93. The Kier molecular flexibility index (Phi) is 2.49. The van der Waals surface area contributed by atoms with Gasteiger partial charge in [0.2, 0.25) is 5.91 Å². The van der Waals surface area contributed by atoms with E-state index < -0.39 is 5.79 Å². The molecule has 0 unspecified atom stereocenters. The molecule has 2 atom stereocenters. The molecule has 0 aromatic rings. The average Bonchev–Trinajstić information content (AvgIpc) is 2.46. The summed E-state index contributed by atoms with van der Waals surface area (Å²) in [6, 6.07) is 0.137. The summed E-state index contributed by atoms with van der Waals surface area (Å²) >= 11 is 0. The van der Waals surface area contributed by atoms with E-state index >= 15 is 0 Å². The minimum atomic E-state index is -0.493. The molecule has 2 saturated heterocycles. The highest BCUT2D eigenvalue weighted by Crippen LogP contribution is 2.26. The van der Waals surface area contributed by atoms with Gasteiger partial charge in [-0.2, -0.15) is 0 Å². The standard InChI is InChI=1S/C10H17NO3/c1-10(2)13-6-8(14-10)7-4-3-5-9(12)11-7/h7-8H,3-6H2,1-2H3,(H,11,12)/t7-,8-/m1/s1. The lowest BCUT2D eigenvalue weighted by atomic mass is 10.00. The zero-order chi connectivity index (χ0) is 10.2. The van der Waals surface area contributed by atoms with Crippen LogP contribution in [0.4, 0.5) is 0 Å². The molecule has 0 aromatic heterocycles. The Bertz CT molecular complexity index is 240. The Labute approximate surface area is 84.0 Å². The molecular weight excluding hydrogens is 182 g/mol. The van der Waals surface area contributed by atoms with Crippen LogP contribution in [0.1, 0.15) is 33.1 Å². The number of hydrogen-bond donors (Lipinski definition) is 1. The van der Waals surface area contributed by atoms with Crippen molar-refractivity contribution in [3.63, 3.8) is 0 Å². The Morgan fingerprint density at radius 1 is 1.50 bits per heavy atom. The Morgan fingerprint density at radius 3 is 2.86 bits per heavy atom. The van der Waals surface area contributed by atoms with Gasteiger partial charge in [-0.1, -0.05) is 0 Å². The maximum Gasteiger partial charge on any atom is 0.220 e. The second kappa shape index (κ2) is 3.51. The molecule has 2 heterocycles. The number of amides is 1. The summed E-state index contributed by atoms with van der Waals surface area (Å²) in [6.45, 7) is 4.38. The van der Waals surface area contributed by atoms with Gasteiger partial charge in [-0.15, -0.1) is 0 Å². The van der Waals surface area contributed by atoms with Gasteiger partial charge in [0.05, 0.1) is 12.6 Å². The highest BCUT2D eigenvalue weighted by Gasteiger charge is 2.38. The molecule has 2 rings (SSSR count). The zero-order valence-corrected chi connectivity index (χ0v) is 8.71. The molecular formula is C10H17NO3. The zero-order valence-electron chi connectivity index (χ0n) is 8.71. The van der Waals surface area contributed by atoms with E-state index in [0.29, 0.717) is 13.0 Å². The van der Waals surface area contributed by atoms with E-state index in [-0.39, 0.29) is 18.1 Å². The molecule has 0 saturated carbocycles. The fourth-order valence-corrected chi connectivity index (χ4v) is 2.03. The quantitative estimate of drug-likeness (QED) is 0.679. The van der Waals surface area contributed by atoms with Gasteiger partial charge in [0.1, 0.15) is 6.10 Å². The number of rotatable bonds is 1. The van der Waals surface area contributed by atoms with Gasteiger partial charge < -0.3 is 14.8 Å². The van der Waals surface area contributed by atoms with Gasteiger partial charge in [0.25, 0.3) is 0 Å². The summed E-state index contributed by atoms with van der Waals surface area (Å²) in [4.78, 5) is 11.2. The second-order valence-electron chi connectivity index (χ2n) is 4.43. The molecule has 4 heteroatoms. The first-order chi connectivity index (χ1) is 6.57. The summed E-state index contributed by atoms with van der Waals surface area (Å²) in [5.74, 6) is -0.359. The highest BCUT2D eigenvalue weighted by atomic mass is 16.7. The first-order valence-electron chi connectivity index (χ1n) is 5.18. The fourth-order valence-electron chi connectivity index (χ4n) is 2.03. The highest BCUT2D eigenvalue weighted by molar-refractivity contribution is 5.77. The smallest absolute Gasteiger partial charge is 0.220 e. The van der Waals surface area contributed by atoms with Crippen LogP contribution in [-0.2, 0) is 14.3 Å². The normalized spacial score (nSPS) is 36.9. The molecule has 14 heavy (non-hydrogen) atoms. The summed E-state index contributed by atoms with van der Waals surface area (Å²) in [7, 11) is 0. The lowest BCUT2D eigenvalue weighted by Crippen LogP contribution is -2.47. The van der Waals surface area contributed by atoms with Crippen LogP contribution >= 0.6 is 0 Å². The minimum absolute atomic E-state index is 0.0225. The molecule has 2 fully saturated rings. The van der Waals surface area contributed by atoms with Crippen LogP contribution in [0.15, 0.2) is 0 Å². The van der Waals surface area contributed by atoms with E-state index in [1.165, 1.54) is 0 Å². The minimum Gasteiger partial charge on any atom is -0.351 e. The van der Waals surface area contributed by atoms with Crippen LogP contribution in [-0.4, -0.2) is 30.4 Å². The van der Waals surface area contributed by atoms with Crippen molar-refractivity contribution in [3.8, 4) is 0 Å². The predicted molar refractivity (Wildman–Crippen MR) is 50.7 cm³/mol. The largest absolute Gasteiger partial charge is 0.351 e. The van der Waals surface area contributed by atoms with Crippen LogP contribution in [0.25, 0.3) is 0 Å². The number of nitrogens with one attached hydrogen (secondary N) is 1. The van der Waals surface area contributed by atoms with Gasteiger partial charge in [-0.25, -0.2) is 0 Å². The van der Waals surface area contributed by atoms with Crippen LogP contribution < -0.4 is 5.32 Å². The fraction of sp³-hybridized carbons (Fsp3) is 0.900. The summed E-state index contributed by atoms with van der Waals surface area (Å²) in [6.07, 6.45) is 2.62. The third-order valence-corrected chi connectivity index (χ3v) is 2.74. The van der Waals surface area contributed by atoms with Crippen LogP contribution in [0.3, 0.4) is 0 Å². The Morgan fingerprint density at radius 2 is 2.29 bits per heavy atom. The first kappa shape index (κ1) is 9.93. The summed E-state index contributed by atoms with van der Waals surface area (Å²) < 4.78 is 11.2. The summed E-state index contributed by atoms with van der Waals surface area (Å²) in [5.41, 5.74) is 0. The molecule has 1 N–H and O–H groups in total. The van der Waals surface area contributed by atoms with Crippen LogP contribution in [0, 0.1) is 0 Å². The van der Waals surface area contributed by atoms with E-state index in [0.717, 1.165) is 12.8 Å². The third-order valence-electron chi connectivity index (χ3n) is 2.74. The van der Waals surface area contributed by atoms with E-state index in [9.17, 15) is 4.79 Å². The van der Waals surface area contributed by atoms with Crippen molar-refractivity contribution in [2.45, 2.75) is 51.0 Å². The maximum absolute atomic E-state index is 11.2. The molecule has 2 aliphatic rings. The van der Waals surface area contributed by atoms with Crippen molar-refractivity contribution >= 4 is 5.91 Å². The van der Waals surface area contributed by atoms with Gasteiger partial charge in [-0.3, -0.25) is 4.79 Å². The molecule has 0 spiro atoms. The second-order valence-corrected chi connectivity index (χ2v) is 4.43. The molecule has 0 aromatic carbocycles. The molecule has 80 valence electrons. The van der Waals surface area contributed by atoms with E-state index in [1.807, 2.05) is 13.8 Å². The van der Waals surface area contributed by atoms with Crippen LogP contribution in [0.5, 0.6) is 0 Å². The molecule has 4 nitrogen and oxygen atoms in total. The molecule has 1 amide bonds. The lowest BCUT2D eigenvalue weighted by Gasteiger charge is -2.28. The monoisotopic (exact) mass is 199 g/mol. The molecule has 0 radical (unpaired) electrons. The SMILES string of the molecule is CC1(C)OC[C@H]([C@H]2CCCC(=O)N2)O1. The number of piperidine rings is 1. The maximum atomic E-state index is 11.2. The molecule has 0 bridgehead atoms. The Hall–Kier alpha value is -0.610. The predicted octanol–water partition coefficient (Wildman–Crippen LogP) is 0.807. The number of carbonyl (C=O) groups is 1. The van der Waals surface area contributed by atoms with E-state index in [2.05, 4.69) is 5.32 Å². The van der Waals surface area contributed by atoms with Crippen molar-refractivity contribution in [3.05, 3.63) is 0 Å². The molecule has 0 aliphatic carbocycles. The van der Waals surface area contributed by atoms with Gasteiger partial charge in [0.15, 0.2) is 5.79 Å². The number of ether oxygens (including phenoxy) is 2. The van der Waals surface area contributed by atoms with Crippen molar-refractivity contribution in [1.82, 2.24) is 5.32 Å². The number of carbonyl (C=O) groups excluding carboxylic acids is 1. The molecule has 2 aliphatic heterocycles. The first-order valence-corrected chi connectivity index (χ1v) is 5.18. The topological polar surface area (TPSA) is 47.6 Å². The van der Waals surface area contributed by atoms with Crippen molar-refractivity contribution in [2.75, 3.05) is 6.61 Å². The van der Waals surface area contributed by atoms with Gasteiger partial charge >= 0.3 is 0 Å². The third kappa shape index (κ3) is 2.07. The van der Waals surface area contributed by atoms with Crippen LogP contribution in [0.2, 0.25) is 0 Å². The van der Waals surface area contributed by atoms with Crippen molar-refractivity contribution < 1.29 is 14.3 Å². The average molecular weight is 199 g/mol. The van der Waals surface area contributed by atoms with Crippen molar-refractivity contribution in [2.24, 2.45) is 0 Å². The summed E-state index contributed by atoms with van der Waals surface area (Å²) in [5, 5.41) is 2.95. The van der Waals surface area contributed by atoms with Gasteiger partial charge in [-0.05, 0) is 26.7 Å². The van der Waals surface area contributed by atoms with Gasteiger partial charge in [0, 0.05) is 6.42 Å². The van der Waals surface area contributed by atoms with Crippen molar-refractivity contribution in [1.29, 1.82) is 0 Å². The van der Waals surface area contributed by atoms with E-state index in [4.69, 9.17) is 9.47 Å². The van der Waals surface area contributed by atoms with E-state index in [1.54, 1.807) is 0 Å². The number of hydrogen-bond acceptors (Lipinski definition) is 3. The lowest BCUT2D eigenvalue weighted by molar-refractivity contribution is -0.145.